The van der Waals surface area contributed by atoms with Crippen molar-refractivity contribution in [3.63, 3.8) is 0 Å². The topological polar surface area (TPSA) is 101 Å². The normalized spacial score (nSPS) is 21.8. The largest absolute Gasteiger partial charge is 0.481 e. The maximum atomic E-state index is 11.5. The summed E-state index contributed by atoms with van der Waals surface area (Å²) in [6, 6.07) is 0. The number of carboxylic acid groups (broad SMARTS) is 1. The molecule has 8 heteroatoms. The molecule has 0 saturated carbocycles. The molecule has 1 atom stereocenters. The van der Waals surface area contributed by atoms with Crippen molar-refractivity contribution in [1.29, 1.82) is 0 Å². The second-order valence-corrected chi connectivity index (χ2v) is 5.44. The van der Waals surface area contributed by atoms with Crippen LogP contribution < -0.4 is 4.90 Å². The lowest BCUT2D eigenvalue weighted by atomic mass is 9.84. The average molecular weight is 296 g/mol. The van der Waals surface area contributed by atoms with Crippen LogP contribution in [0, 0.1) is 22.5 Å². The van der Waals surface area contributed by atoms with Crippen molar-refractivity contribution in [2.45, 2.75) is 40.2 Å². The van der Waals surface area contributed by atoms with E-state index in [4.69, 9.17) is 0 Å². The zero-order chi connectivity index (χ0) is 15.8. The lowest BCUT2D eigenvalue weighted by Gasteiger charge is -2.23. The highest BCUT2D eigenvalue weighted by molar-refractivity contribution is 5.77. The monoisotopic (exact) mass is 296 g/mol. The fourth-order valence-electron chi connectivity index (χ4n) is 2.97. The number of aryl methyl sites for hydroxylation is 2. The zero-order valence-electron chi connectivity index (χ0n) is 12.5. The van der Waals surface area contributed by atoms with Crippen molar-refractivity contribution in [2.24, 2.45) is 5.41 Å². The summed E-state index contributed by atoms with van der Waals surface area (Å²) in [5.74, 6) is -0.411. The van der Waals surface area contributed by atoms with Gasteiger partial charge in [-0.2, -0.15) is 5.10 Å². The molecule has 1 saturated heterocycles. The fraction of sp³-hybridized carbons (Fsp3) is 0.692. The molecule has 1 aromatic heterocycles. The molecule has 1 aromatic rings. The third-order valence-electron chi connectivity index (χ3n) is 4.34. The summed E-state index contributed by atoms with van der Waals surface area (Å²) in [4.78, 5) is 24.2. The van der Waals surface area contributed by atoms with Gasteiger partial charge in [-0.25, -0.2) is 4.68 Å². The Morgan fingerprint density at radius 3 is 2.62 bits per heavy atom. The second-order valence-electron chi connectivity index (χ2n) is 5.44. The van der Waals surface area contributed by atoms with Crippen LogP contribution in [0.1, 0.15) is 32.4 Å². The average Bonchev–Trinajstić information content (AvgIpc) is 2.99. The number of aromatic nitrogens is 2. The molecule has 116 valence electrons. The Morgan fingerprint density at radius 2 is 2.19 bits per heavy atom. The van der Waals surface area contributed by atoms with Gasteiger partial charge in [-0.05, 0) is 26.7 Å². The van der Waals surface area contributed by atoms with Crippen molar-refractivity contribution in [3.8, 4) is 0 Å². The lowest BCUT2D eigenvalue weighted by molar-refractivity contribution is -0.384. The maximum Gasteiger partial charge on any atom is 0.333 e. The van der Waals surface area contributed by atoms with Gasteiger partial charge in [0, 0.05) is 19.6 Å². The van der Waals surface area contributed by atoms with Gasteiger partial charge in [0.1, 0.15) is 5.69 Å². The van der Waals surface area contributed by atoms with Crippen molar-refractivity contribution in [3.05, 3.63) is 15.8 Å². The highest BCUT2D eigenvalue weighted by Gasteiger charge is 2.46. The van der Waals surface area contributed by atoms with Crippen LogP contribution in [0.5, 0.6) is 0 Å². The minimum absolute atomic E-state index is 0.0193. The number of carbonyl (C=O) groups is 1. The summed E-state index contributed by atoms with van der Waals surface area (Å²) in [5, 5.41) is 25.0. The fourth-order valence-corrected chi connectivity index (χ4v) is 2.97. The van der Waals surface area contributed by atoms with E-state index in [2.05, 4.69) is 5.10 Å². The Labute approximate surface area is 122 Å². The van der Waals surface area contributed by atoms with E-state index < -0.39 is 16.3 Å². The van der Waals surface area contributed by atoms with Crippen molar-refractivity contribution in [1.82, 2.24) is 9.78 Å². The molecule has 1 unspecified atom stereocenters. The molecule has 1 fully saturated rings. The molecule has 21 heavy (non-hydrogen) atoms. The Morgan fingerprint density at radius 1 is 1.52 bits per heavy atom. The van der Waals surface area contributed by atoms with E-state index in [1.54, 1.807) is 16.5 Å². The van der Waals surface area contributed by atoms with Crippen LogP contribution in [-0.4, -0.2) is 38.9 Å². The Balaban J connectivity index is 2.44. The molecule has 0 amide bonds. The van der Waals surface area contributed by atoms with Gasteiger partial charge in [0.2, 0.25) is 5.82 Å². The van der Waals surface area contributed by atoms with E-state index >= 15 is 0 Å². The van der Waals surface area contributed by atoms with Gasteiger partial charge < -0.3 is 10.0 Å². The quantitative estimate of drug-likeness (QED) is 0.656. The van der Waals surface area contributed by atoms with Crippen LogP contribution >= 0.6 is 0 Å². The number of nitrogens with zero attached hydrogens (tertiary/aromatic N) is 4. The van der Waals surface area contributed by atoms with Crippen LogP contribution in [0.4, 0.5) is 11.5 Å². The van der Waals surface area contributed by atoms with Crippen LogP contribution in [0.2, 0.25) is 0 Å². The summed E-state index contributed by atoms with van der Waals surface area (Å²) < 4.78 is 1.58. The minimum Gasteiger partial charge on any atom is -0.481 e. The summed E-state index contributed by atoms with van der Waals surface area (Å²) in [7, 11) is 0. The van der Waals surface area contributed by atoms with Gasteiger partial charge in [0.25, 0.3) is 0 Å². The summed E-state index contributed by atoms with van der Waals surface area (Å²) in [5.41, 5.74) is -0.486. The number of anilines is 1. The highest BCUT2D eigenvalue weighted by Crippen LogP contribution is 2.40. The molecule has 1 aliphatic rings. The predicted molar refractivity (Wildman–Crippen MR) is 76.5 cm³/mol. The Hall–Kier alpha value is -2.12. The van der Waals surface area contributed by atoms with Gasteiger partial charge in [-0.15, -0.1) is 0 Å². The first-order valence-corrected chi connectivity index (χ1v) is 7.06. The second kappa shape index (κ2) is 5.34. The number of hydrogen-bond acceptors (Lipinski definition) is 5. The van der Waals surface area contributed by atoms with Crippen LogP contribution in [0.15, 0.2) is 0 Å². The van der Waals surface area contributed by atoms with E-state index in [-0.39, 0.29) is 12.2 Å². The molecule has 0 radical (unpaired) electrons. The van der Waals surface area contributed by atoms with Crippen LogP contribution in [0.3, 0.4) is 0 Å². The number of rotatable bonds is 5. The Kier molecular flexibility index (Phi) is 3.89. The predicted octanol–water partition coefficient (Wildman–Crippen LogP) is 1.81. The number of aliphatic carboxylic acids is 1. The van der Waals surface area contributed by atoms with E-state index in [9.17, 15) is 20.0 Å². The van der Waals surface area contributed by atoms with Crippen molar-refractivity contribution >= 4 is 17.5 Å². The molecule has 2 rings (SSSR count). The van der Waals surface area contributed by atoms with Crippen LogP contribution in [-0.2, 0) is 11.3 Å². The third-order valence-corrected chi connectivity index (χ3v) is 4.34. The minimum atomic E-state index is -0.838. The molecular formula is C13H20N4O4. The number of carboxylic acids is 1. The third kappa shape index (κ3) is 2.34. The van der Waals surface area contributed by atoms with E-state index in [1.807, 2.05) is 13.8 Å². The smallest absolute Gasteiger partial charge is 0.333 e. The molecule has 1 aliphatic heterocycles. The van der Waals surface area contributed by atoms with Gasteiger partial charge >= 0.3 is 11.7 Å². The van der Waals surface area contributed by atoms with Gasteiger partial charge in [-0.3, -0.25) is 14.9 Å². The number of hydrogen-bond donors (Lipinski definition) is 1. The molecule has 0 bridgehead atoms. The summed E-state index contributed by atoms with van der Waals surface area (Å²) in [6.45, 7) is 6.59. The summed E-state index contributed by atoms with van der Waals surface area (Å²) >= 11 is 0. The zero-order valence-corrected chi connectivity index (χ0v) is 12.5. The number of nitro groups is 1. The first kappa shape index (κ1) is 15.3. The van der Waals surface area contributed by atoms with Gasteiger partial charge in [0.05, 0.1) is 10.3 Å². The molecule has 0 aromatic carbocycles. The van der Waals surface area contributed by atoms with E-state index in [0.717, 1.165) is 0 Å². The van der Waals surface area contributed by atoms with Gasteiger partial charge in [-0.1, -0.05) is 6.92 Å². The molecule has 2 heterocycles. The first-order chi connectivity index (χ1) is 9.86. The highest BCUT2D eigenvalue weighted by atomic mass is 16.6. The molecule has 0 aliphatic carbocycles. The summed E-state index contributed by atoms with van der Waals surface area (Å²) in [6.07, 6.45) is 0.996. The maximum absolute atomic E-state index is 11.5. The van der Waals surface area contributed by atoms with Gasteiger partial charge in [0.15, 0.2) is 0 Å². The first-order valence-electron chi connectivity index (χ1n) is 7.06. The standard InChI is InChI=1S/C13H20N4O4/c1-4-13(12(18)19)6-7-15(8-13)11-10(17(20)21)9(3)14-16(11)5-2/h4-8H2,1-3H3,(H,18,19). The molecule has 0 spiro atoms. The SMILES string of the molecule is CCn1nc(C)c([N+](=O)[O-])c1N1CCC(CC)(C(=O)O)C1. The van der Waals surface area contributed by atoms with E-state index in [0.29, 0.717) is 37.4 Å². The van der Waals surface area contributed by atoms with Crippen LogP contribution in [0.25, 0.3) is 0 Å². The van der Waals surface area contributed by atoms with Crippen molar-refractivity contribution in [2.75, 3.05) is 18.0 Å². The Bertz CT molecular complexity index is 583. The lowest BCUT2D eigenvalue weighted by Crippen LogP contribution is -2.34. The molecule has 8 nitrogen and oxygen atoms in total. The molecule has 1 N–H and O–H groups in total. The van der Waals surface area contributed by atoms with E-state index in [1.165, 1.54) is 0 Å². The van der Waals surface area contributed by atoms with Crippen molar-refractivity contribution < 1.29 is 14.8 Å². The molecular weight excluding hydrogens is 276 g/mol.